The maximum absolute atomic E-state index is 14.5. The van der Waals surface area contributed by atoms with Gasteiger partial charge in [-0.2, -0.15) is 0 Å². The maximum Gasteiger partial charge on any atom is 0.264 e. The van der Waals surface area contributed by atoms with Crippen LogP contribution in [-0.4, -0.2) is 50.4 Å². The number of anilines is 1. The van der Waals surface area contributed by atoms with Crippen LogP contribution in [0.15, 0.2) is 119 Å². The number of sulfonamides is 1. The number of ether oxygens (including phenoxy) is 1. The van der Waals surface area contributed by atoms with E-state index in [1.165, 1.54) is 24.1 Å². The highest BCUT2D eigenvalue weighted by molar-refractivity contribution is 9.10. The molecule has 0 bridgehead atoms. The molecule has 0 spiro atoms. The molecular formula is C35H38BrN3O5S. The molecule has 4 aromatic rings. The van der Waals surface area contributed by atoms with E-state index in [-0.39, 0.29) is 23.8 Å². The van der Waals surface area contributed by atoms with Crippen molar-refractivity contribution in [2.75, 3.05) is 18.0 Å². The van der Waals surface area contributed by atoms with Crippen LogP contribution in [0.3, 0.4) is 0 Å². The van der Waals surface area contributed by atoms with Gasteiger partial charge >= 0.3 is 0 Å². The number of halogens is 1. The van der Waals surface area contributed by atoms with Crippen molar-refractivity contribution in [2.45, 2.75) is 50.2 Å². The van der Waals surface area contributed by atoms with Gasteiger partial charge in [-0.1, -0.05) is 76.6 Å². The summed E-state index contributed by atoms with van der Waals surface area (Å²) in [6, 6.07) is 30.5. The summed E-state index contributed by atoms with van der Waals surface area (Å²) in [6.07, 6.45) is 0.235. The summed E-state index contributed by atoms with van der Waals surface area (Å²) in [6.45, 7) is 5.19. The van der Waals surface area contributed by atoms with E-state index in [0.29, 0.717) is 11.4 Å². The number of carbonyl (C=O) groups excluding carboxylic acids is 2. The van der Waals surface area contributed by atoms with Crippen molar-refractivity contribution in [3.63, 3.8) is 0 Å². The lowest BCUT2D eigenvalue weighted by Crippen LogP contribution is -2.56. The van der Waals surface area contributed by atoms with Gasteiger partial charge in [0.25, 0.3) is 10.0 Å². The Bertz CT molecular complexity index is 1690. The van der Waals surface area contributed by atoms with Gasteiger partial charge in [0.05, 0.1) is 17.7 Å². The Balaban J connectivity index is 1.80. The number of amides is 2. The number of hydrogen-bond acceptors (Lipinski definition) is 5. The summed E-state index contributed by atoms with van der Waals surface area (Å²) < 4.78 is 35.3. The molecule has 0 aliphatic carbocycles. The monoisotopic (exact) mass is 691 g/mol. The normalized spacial score (nSPS) is 12.2. The van der Waals surface area contributed by atoms with Gasteiger partial charge in [0, 0.05) is 23.0 Å². The Morgan fingerprint density at radius 2 is 1.44 bits per heavy atom. The Hall–Kier alpha value is -4.15. The molecule has 10 heteroatoms. The van der Waals surface area contributed by atoms with Crippen LogP contribution < -0.4 is 14.4 Å². The maximum atomic E-state index is 14.5. The van der Waals surface area contributed by atoms with Crippen molar-refractivity contribution in [1.29, 1.82) is 0 Å². The minimum atomic E-state index is -4.20. The van der Waals surface area contributed by atoms with Gasteiger partial charge in [-0.25, -0.2) is 8.42 Å². The fourth-order valence-corrected chi connectivity index (χ4v) is 6.70. The van der Waals surface area contributed by atoms with Gasteiger partial charge < -0.3 is 15.0 Å². The molecule has 0 aliphatic rings. The first kappa shape index (κ1) is 33.7. The zero-order valence-corrected chi connectivity index (χ0v) is 28.2. The van der Waals surface area contributed by atoms with E-state index in [2.05, 4.69) is 21.2 Å². The third-order valence-corrected chi connectivity index (χ3v) is 9.26. The molecule has 0 radical (unpaired) electrons. The summed E-state index contributed by atoms with van der Waals surface area (Å²) in [5.74, 6) is -0.357. The fraction of sp³-hybridized carbons (Fsp3) is 0.257. The van der Waals surface area contributed by atoms with Crippen LogP contribution in [0.4, 0.5) is 5.69 Å². The van der Waals surface area contributed by atoms with Crippen molar-refractivity contribution in [3.05, 3.63) is 125 Å². The highest BCUT2D eigenvalue weighted by Crippen LogP contribution is 2.26. The Morgan fingerprint density at radius 1 is 0.844 bits per heavy atom. The fourth-order valence-electron chi connectivity index (χ4n) is 4.84. The lowest BCUT2D eigenvalue weighted by molar-refractivity contribution is -0.140. The van der Waals surface area contributed by atoms with Crippen LogP contribution in [0.2, 0.25) is 0 Å². The molecule has 236 valence electrons. The highest BCUT2D eigenvalue weighted by Gasteiger charge is 2.35. The molecule has 0 saturated carbocycles. The van der Waals surface area contributed by atoms with Crippen molar-refractivity contribution >= 4 is 43.5 Å². The molecule has 8 nitrogen and oxygen atoms in total. The van der Waals surface area contributed by atoms with Gasteiger partial charge in [-0.05, 0) is 80.4 Å². The predicted octanol–water partition coefficient (Wildman–Crippen LogP) is 6.21. The lowest BCUT2D eigenvalue weighted by Gasteiger charge is -2.35. The molecule has 0 heterocycles. The molecular weight excluding hydrogens is 654 g/mol. The van der Waals surface area contributed by atoms with E-state index < -0.39 is 34.1 Å². The molecule has 45 heavy (non-hydrogen) atoms. The van der Waals surface area contributed by atoms with Crippen LogP contribution in [-0.2, 0) is 32.6 Å². The summed E-state index contributed by atoms with van der Waals surface area (Å²) >= 11 is 3.50. The third kappa shape index (κ3) is 9.18. The second-order valence-corrected chi connectivity index (χ2v) is 14.4. The second kappa shape index (κ2) is 14.8. The standard InChI is InChI=1S/C35H38BrN3O5S/c1-35(2,3)37-34(41)32(23-26-12-7-5-8-13-26)38(24-27-14-11-15-28(36)22-27)33(40)25-39(29-16-9-6-10-17-29)45(42,43)31-20-18-30(44-4)19-21-31/h5-22,32H,23-25H2,1-4H3,(H,37,41)/t32-/m1/s1. The SMILES string of the molecule is COc1ccc(S(=O)(=O)N(CC(=O)N(Cc2cccc(Br)c2)[C@H](Cc2ccccc2)C(=O)NC(C)(C)C)c2ccccc2)cc1. The van der Waals surface area contributed by atoms with Crippen LogP contribution in [0, 0.1) is 0 Å². The number of hydrogen-bond donors (Lipinski definition) is 1. The van der Waals surface area contributed by atoms with Gasteiger partial charge in [0.2, 0.25) is 11.8 Å². The molecule has 0 fully saturated rings. The topological polar surface area (TPSA) is 96.0 Å². The van der Waals surface area contributed by atoms with E-state index in [0.717, 1.165) is 19.9 Å². The highest BCUT2D eigenvalue weighted by atomic mass is 79.9. The number of carbonyl (C=O) groups is 2. The van der Waals surface area contributed by atoms with Crippen LogP contribution in [0.1, 0.15) is 31.9 Å². The van der Waals surface area contributed by atoms with Gasteiger partial charge in [-0.15, -0.1) is 0 Å². The summed E-state index contributed by atoms with van der Waals surface area (Å²) in [4.78, 5) is 29.9. The number of nitrogens with one attached hydrogen (secondary N) is 1. The zero-order valence-electron chi connectivity index (χ0n) is 25.8. The molecule has 0 aromatic heterocycles. The number of methoxy groups -OCH3 is 1. The molecule has 4 aromatic carbocycles. The first-order chi connectivity index (χ1) is 21.4. The molecule has 1 atom stereocenters. The third-order valence-electron chi connectivity index (χ3n) is 6.98. The van der Waals surface area contributed by atoms with Crippen molar-refractivity contribution in [2.24, 2.45) is 0 Å². The molecule has 0 aliphatic heterocycles. The number of nitrogens with zero attached hydrogens (tertiary/aromatic N) is 2. The molecule has 1 N–H and O–H groups in total. The molecule has 0 unspecified atom stereocenters. The minimum Gasteiger partial charge on any atom is -0.497 e. The summed E-state index contributed by atoms with van der Waals surface area (Å²) in [5.41, 5.74) is 1.40. The van der Waals surface area contributed by atoms with Crippen molar-refractivity contribution in [1.82, 2.24) is 10.2 Å². The number of benzene rings is 4. The second-order valence-electron chi connectivity index (χ2n) is 11.6. The van der Waals surface area contributed by atoms with E-state index >= 15 is 0 Å². The van der Waals surface area contributed by atoms with E-state index in [4.69, 9.17) is 4.74 Å². The predicted molar refractivity (Wildman–Crippen MR) is 180 cm³/mol. The molecule has 0 saturated heterocycles. The number of para-hydroxylation sites is 1. The van der Waals surface area contributed by atoms with Gasteiger partial charge in [0.15, 0.2) is 0 Å². The first-order valence-corrected chi connectivity index (χ1v) is 16.7. The summed E-state index contributed by atoms with van der Waals surface area (Å²) in [5, 5.41) is 3.04. The lowest BCUT2D eigenvalue weighted by atomic mass is 10.0. The Kier molecular flexibility index (Phi) is 11.1. The largest absolute Gasteiger partial charge is 0.497 e. The Morgan fingerprint density at radius 3 is 2.02 bits per heavy atom. The quantitative estimate of drug-likeness (QED) is 0.191. The Labute approximate surface area is 274 Å². The van der Waals surface area contributed by atoms with E-state index in [1.54, 1.807) is 42.5 Å². The average molecular weight is 693 g/mol. The van der Waals surface area contributed by atoms with Crippen molar-refractivity contribution in [3.8, 4) is 5.75 Å². The first-order valence-electron chi connectivity index (χ1n) is 14.5. The van der Waals surface area contributed by atoms with Crippen LogP contribution in [0.5, 0.6) is 5.75 Å². The van der Waals surface area contributed by atoms with Gasteiger partial charge in [-0.3, -0.25) is 13.9 Å². The zero-order chi connectivity index (χ0) is 32.6. The molecule has 4 rings (SSSR count). The van der Waals surface area contributed by atoms with Crippen molar-refractivity contribution < 1.29 is 22.7 Å². The average Bonchev–Trinajstić information content (AvgIpc) is 3.01. The van der Waals surface area contributed by atoms with Crippen LogP contribution >= 0.6 is 15.9 Å². The minimum absolute atomic E-state index is 0.00445. The summed E-state index contributed by atoms with van der Waals surface area (Å²) in [7, 11) is -2.70. The van der Waals surface area contributed by atoms with Gasteiger partial charge in [0.1, 0.15) is 18.3 Å². The number of rotatable bonds is 12. The van der Waals surface area contributed by atoms with E-state index in [9.17, 15) is 18.0 Å². The molecule has 2 amide bonds. The van der Waals surface area contributed by atoms with E-state index in [1.807, 2.05) is 75.4 Å². The smallest absolute Gasteiger partial charge is 0.264 e. The van der Waals surface area contributed by atoms with Crippen LogP contribution in [0.25, 0.3) is 0 Å².